The van der Waals surface area contributed by atoms with Crippen molar-refractivity contribution in [3.05, 3.63) is 35.2 Å². The van der Waals surface area contributed by atoms with E-state index in [0.29, 0.717) is 32.2 Å². The second-order valence-corrected chi connectivity index (χ2v) is 5.23. The molecule has 20 heavy (non-hydrogen) atoms. The maximum Gasteiger partial charge on any atom is 0.251 e. The van der Waals surface area contributed by atoms with Crippen LogP contribution in [0.2, 0.25) is 0 Å². The minimum absolute atomic E-state index is 0.136. The first kappa shape index (κ1) is 13.2. The van der Waals surface area contributed by atoms with Gasteiger partial charge in [-0.15, -0.1) is 11.3 Å². The molecule has 0 radical (unpaired) electrons. The molecule has 0 amide bonds. The Bertz CT molecular complexity index is 597. The van der Waals surface area contributed by atoms with Crippen molar-refractivity contribution in [3.63, 3.8) is 0 Å². The number of rotatable bonds is 2. The summed E-state index contributed by atoms with van der Waals surface area (Å²) in [5.41, 5.74) is 0. The Kier molecular flexibility index (Phi) is 3.47. The Morgan fingerprint density at radius 1 is 1.00 bits per heavy atom. The monoisotopic (exact) mass is 300 g/mol. The zero-order valence-corrected chi connectivity index (χ0v) is 11.2. The maximum absolute atomic E-state index is 13.7. The van der Waals surface area contributed by atoms with Gasteiger partial charge in [0.1, 0.15) is 0 Å². The number of pyridine rings is 1. The summed E-state index contributed by atoms with van der Waals surface area (Å²) in [7, 11) is 0. The van der Waals surface area contributed by atoms with Gasteiger partial charge in [0.05, 0.1) is 0 Å². The van der Waals surface area contributed by atoms with Crippen molar-refractivity contribution in [1.29, 1.82) is 0 Å². The van der Waals surface area contributed by atoms with E-state index < -0.39 is 17.6 Å². The second kappa shape index (κ2) is 5.28. The first-order valence-electron chi connectivity index (χ1n) is 6.06. The fraction of sp³-hybridized carbons (Fsp3) is 0.333. The van der Waals surface area contributed by atoms with E-state index in [2.05, 4.69) is 14.9 Å². The van der Waals surface area contributed by atoms with E-state index in [-0.39, 0.29) is 5.82 Å². The van der Waals surface area contributed by atoms with Crippen LogP contribution in [0.5, 0.6) is 0 Å². The van der Waals surface area contributed by atoms with Crippen molar-refractivity contribution in [1.82, 2.24) is 9.97 Å². The molecular weight excluding hydrogens is 289 g/mol. The van der Waals surface area contributed by atoms with Crippen LogP contribution in [0.15, 0.2) is 17.6 Å². The highest BCUT2D eigenvalue weighted by Gasteiger charge is 2.23. The third kappa shape index (κ3) is 2.43. The van der Waals surface area contributed by atoms with Crippen LogP contribution in [0.1, 0.15) is 0 Å². The van der Waals surface area contributed by atoms with Gasteiger partial charge in [-0.2, -0.15) is 9.37 Å². The summed E-state index contributed by atoms with van der Waals surface area (Å²) in [6, 6.07) is 0.533. The Hall–Kier alpha value is -1.83. The molecule has 0 N–H and O–H groups in total. The molecule has 1 saturated heterocycles. The Morgan fingerprint density at radius 3 is 2.35 bits per heavy atom. The molecule has 0 spiro atoms. The molecule has 0 aromatic carbocycles. The number of thiazole rings is 1. The van der Waals surface area contributed by atoms with Crippen molar-refractivity contribution < 1.29 is 13.2 Å². The predicted molar refractivity (Wildman–Crippen MR) is 70.7 cm³/mol. The fourth-order valence-electron chi connectivity index (χ4n) is 2.14. The lowest BCUT2D eigenvalue weighted by Gasteiger charge is -2.35. The third-order valence-electron chi connectivity index (χ3n) is 3.14. The average molecular weight is 300 g/mol. The molecular formula is C12H11F3N4S. The van der Waals surface area contributed by atoms with Crippen molar-refractivity contribution in [2.45, 2.75) is 0 Å². The molecule has 3 rings (SSSR count). The molecule has 1 fully saturated rings. The van der Waals surface area contributed by atoms with Gasteiger partial charge in [0.25, 0.3) is 5.95 Å². The van der Waals surface area contributed by atoms with Crippen LogP contribution in [0.25, 0.3) is 0 Å². The molecule has 2 aromatic rings. The largest absolute Gasteiger partial charge is 0.351 e. The molecule has 3 heterocycles. The van der Waals surface area contributed by atoms with E-state index in [9.17, 15) is 13.2 Å². The summed E-state index contributed by atoms with van der Waals surface area (Å²) in [6.07, 6.45) is 1.73. The third-order valence-corrected chi connectivity index (χ3v) is 3.97. The molecule has 1 aliphatic rings. The number of hydrogen-bond donors (Lipinski definition) is 0. The minimum Gasteiger partial charge on any atom is -0.351 e. The summed E-state index contributed by atoms with van der Waals surface area (Å²) >= 11 is 1.53. The van der Waals surface area contributed by atoms with E-state index in [1.54, 1.807) is 11.1 Å². The summed E-state index contributed by atoms with van der Waals surface area (Å²) in [4.78, 5) is 11.3. The van der Waals surface area contributed by atoms with Crippen molar-refractivity contribution in [2.24, 2.45) is 0 Å². The van der Waals surface area contributed by atoms with Gasteiger partial charge in [0.2, 0.25) is 0 Å². The van der Waals surface area contributed by atoms with E-state index in [1.165, 1.54) is 11.3 Å². The van der Waals surface area contributed by atoms with Gasteiger partial charge >= 0.3 is 0 Å². The highest BCUT2D eigenvalue weighted by atomic mass is 32.1. The number of nitrogens with zero attached hydrogens (tertiary/aromatic N) is 4. The quantitative estimate of drug-likeness (QED) is 0.797. The standard InChI is InChI=1S/C12H11F3N4S/c13-8-7-9(14)11(17-10(8)15)18-2-4-19(5-3-18)12-16-1-6-20-12/h1,6-7H,2-5H2. The lowest BCUT2D eigenvalue weighted by atomic mass is 10.3. The zero-order chi connectivity index (χ0) is 14.1. The maximum atomic E-state index is 13.7. The molecule has 4 nitrogen and oxygen atoms in total. The van der Waals surface area contributed by atoms with Gasteiger partial charge in [-0.1, -0.05) is 0 Å². The highest BCUT2D eigenvalue weighted by molar-refractivity contribution is 7.13. The topological polar surface area (TPSA) is 32.3 Å². The van der Waals surface area contributed by atoms with E-state index >= 15 is 0 Å². The normalized spacial score (nSPS) is 15.8. The molecule has 0 unspecified atom stereocenters. The number of piperazine rings is 1. The van der Waals surface area contributed by atoms with Crippen LogP contribution in [-0.4, -0.2) is 36.1 Å². The zero-order valence-electron chi connectivity index (χ0n) is 10.4. The average Bonchev–Trinajstić information content (AvgIpc) is 2.97. The van der Waals surface area contributed by atoms with Crippen LogP contribution < -0.4 is 9.80 Å². The van der Waals surface area contributed by atoms with Crippen LogP contribution in [0, 0.1) is 17.6 Å². The summed E-state index contributed by atoms with van der Waals surface area (Å²) in [6.45, 7) is 2.23. The number of halogens is 3. The fourth-order valence-corrected chi connectivity index (χ4v) is 2.84. The lowest BCUT2D eigenvalue weighted by Crippen LogP contribution is -2.47. The van der Waals surface area contributed by atoms with Gasteiger partial charge < -0.3 is 9.80 Å². The van der Waals surface area contributed by atoms with E-state index in [1.807, 2.05) is 5.38 Å². The first-order chi connectivity index (χ1) is 9.65. The van der Waals surface area contributed by atoms with Crippen LogP contribution in [0.4, 0.5) is 24.1 Å². The molecule has 8 heteroatoms. The van der Waals surface area contributed by atoms with Gasteiger partial charge in [-0.05, 0) is 0 Å². The lowest BCUT2D eigenvalue weighted by molar-refractivity contribution is 0.461. The van der Waals surface area contributed by atoms with Gasteiger partial charge in [-0.3, -0.25) is 0 Å². The van der Waals surface area contributed by atoms with Crippen LogP contribution >= 0.6 is 11.3 Å². The van der Waals surface area contributed by atoms with Gasteiger partial charge in [0.15, 0.2) is 22.6 Å². The number of aromatic nitrogens is 2. The minimum atomic E-state index is -1.27. The molecule has 0 aliphatic carbocycles. The summed E-state index contributed by atoms with van der Waals surface area (Å²) in [5, 5.41) is 2.79. The van der Waals surface area contributed by atoms with E-state index in [0.717, 1.165) is 5.13 Å². The smallest absolute Gasteiger partial charge is 0.251 e. The van der Waals surface area contributed by atoms with Gasteiger partial charge in [-0.25, -0.2) is 13.8 Å². The predicted octanol–water partition coefficient (Wildman–Crippen LogP) is 2.28. The van der Waals surface area contributed by atoms with Crippen molar-refractivity contribution in [2.75, 3.05) is 36.0 Å². The summed E-state index contributed by atoms with van der Waals surface area (Å²) < 4.78 is 39.6. The molecule has 0 saturated carbocycles. The molecule has 0 bridgehead atoms. The SMILES string of the molecule is Fc1cc(F)c(N2CCN(c3nccs3)CC2)nc1F. The van der Waals surface area contributed by atoms with Crippen molar-refractivity contribution >= 4 is 22.3 Å². The number of hydrogen-bond acceptors (Lipinski definition) is 5. The number of anilines is 2. The Labute approximate surface area is 117 Å². The van der Waals surface area contributed by atoms with Crippen molar-refractivity contribution in [3.8, 4) is 0 Å². The van der Waals surface area contributed by atoms with Crippen LogP contribution in [-0.2, 0) is 0 Å². The second-order valence-electron chi connectivity index (χ2n) is 4.36. The van der Waals surface area contributed by atoms with Crippen LogP contribution in [0.3, 0.4) is 0 Å². The Balaban J connectivity index is 1.74. The highest BCUT2D eigenvalue weighted by Crippen LogP contribution is 2.23. The molecule has 2 aromatic heterocycles. The van der Waals surface area contributed by atoms with Gasteiger partial charge in [0, 0.05) is 43.8 Å². The first-order valence-corrected chi connectivity index (χ1v) is 6.94. The molecule has 0 atom stereocenters. The van der Waals surface area contributed by atoms with E-state index in [4.69, 9.17) is 0 Å². The molecule has 106 valence electrons. The summed E-state index contributed by atoms with van der Waals surface area (Å²) in [5.74, 6) is -3.52. The molecule has 1 aliphatic heterocycles. The Morgan fingerprint density at radius 2 is 1.70 bits per heavy atom.